The first-order valence-corrected chi connectivity index (χ1v) is 22.4. The van der Waals surface area contributed by atoms with Crippen LogP contribution in [0.3, 0.4) is 0 Å². The van der Waals surface area contributed by atoms with Crippen LogP contribution in [0.5, 0.6) is 0 Å². The summed E-state index contributed by atoms with van der Waals surface area (Å²) in [6, 6.07) is 82.3. The minimum absolute atomic E-state index is 1.24. The Morgan fingerprint density at radius 1 is 0.172 bits per heavy atom. The van der Waals surface area contributed by atoms with Crippen molar-refractivity contribution >= 4 is 118 Å². The molecule has 0 aliphatic carbocycles. The van der Waals surface area contributed by atoms with Crippen LogP contribution in [0, 0.1) is 0 Å². The summed E-state index contributed by atoms with van der Waals surface area (Å²) in [7, 11) is 0. The van der Waals surface area contributed by atoms with E-state index in [9.17, 15) is 0 Å². The van der Waals surface area contributed by atoms with E-state index in [0.717, 1.165) is 0 Å². The van der Waals surface area contributed by atoms with Crippen molar-refractivity contribution in [1.29, 1.82) is 0 Å². The smallest absolute Gasteiger partial charge is 0.000697 e. The van der Waals surface area contributed by atoms with Gasteiger partial charge in [0, 0.05) is 0 Å². The largest absolute Gasteiger partial charge is 0.0622 e. The van der Waals surface area contributed by atoms with E-state index in [-0.39, 0.29) is 0 Å². The van der Waals surface area contributed by atoms with E-state index < -0.39 is 0 Å². The Labute approximate surface area is 368 Å². The van der Waals surface area contributed by atoms with Crippen LogP contribution in [0.25, 0.3) is 152 Å². The van der Waals surface area contributed by atoms with Gasteiger partial charge in [-0.1, -0.05) is 194 Å². The minimum Gasteiger partial charge on any atom is -0.0622 e. The van der Waals surface area contributed by atoms with Crippen LogP contribution in [0.4, 0.5) is 0 Å². The lowest BCUT2D eigenvalue weighted by molar-refractivity contribution is 1.68. The molecule has 0 bridgehead atoms. The molecule has 0 unspecified atom stereocenters. The first-order valence-electron chi connectivity index (χ1n) is 22.4. The van der Waals surface area contributed by atoms with Gasteiger partial charge in [0.15, 0.2) is 0 Å². The Kier molecular flexibility index (Phi) is 6.77. The van der Waals surface area contributed by atoms with E-state index in [1.165, 1.54) is 152 Å². The average Bonchev–Trinajstić information content (AvgIpc) is 3.86. The summed E-state index contributed by atoms with van der Waals surface area (Å²) in [4.78, 5) is 0. The van der Waals surface area contributed by atoms with Crippen molar-refractivity contribution in [2.24, 2.45) is 0 Å². The maximum atomic E-state index is 2.53. The molecule has 0 heterocycles. The number of hydrogen-bond donors (Lipinski definition) is 0. The van der Waals surface area contributed by atoms with Gasteiger partial charge in [-0.2, -0.15) is 0 Å². The molecular formula is C64H36. The van der Waals surface area contributed by atoms with Gasteiger partial charge in [-0.15, -0.1) is 0 Å². The molecule has 0 aromatic heterocycles. The molecule has 0 N–H and O–H groups in total. The molecule has 15 aromatic rings. The Balaban J connectivity index is 1.11. The lowest BCUT2D eigenvalue weighted by Gasteiger charge is -2.19. The van der Waals surface area contributed by atoms with E-state index in [1.54, 1.807) is 0 Å². The second kappa shape index (κ2) is 12.6. The summed E-state index contributed by atoms with van der Waals surface area (Å²) in [5.41, 5.74) is 7.62. The first-order chi connectivity index (χ1) is 31.8. The Morgan fingerprint density at radius 2 is 0.688 bits per heavy atom. The molecule has 15 rings (SSSR count). The Bertz CT molecular complexity index is 4440. The van der Waals surface area contributed by atoms with Crippen molar-refractivity contribution < 1.29 is 0 Å². The third-order valence-electron chi connectivity index (χ3n) is 14.6. The van der Waals surface area contributed by atoms with Gasteiger partial charge in [-0.25, -0.2) is 0 Å². The van der Waals surface area contributed by atoms with Crippen molar-refractivity contribution in [2.75, 3.05) is 0 Å². The monoisotopic (exact) mass is 804 g/mol. The topological polar surface area (TPSA) is 0 Å². The van der Waals surface area contributed by atoms with Crippen LogP contribution in [0.2, 0.25) is 0 Å². The number of benzene rings is 13. The first kappa shape index (κ1) is 34.3. The van der Waals surface area contributed by atoms with E-state index in [4.69, 9.17) is 0 Å². The summed E-state index contributed by atoms with van der Waals surface area (Å²) in [5, 5.41) is 28.8. The molecule has 292 valence electrons. The fourth-order valence-electron chi connectivity index (χ4n) is 12.1. The van der Waals surface area contributed by atoms with Gasteiger partial charge in [0.2, 0.25) is 0 Å². The highest BCUT2D eigenvalue weighted by atomic mass is 14.3. The summed E-state index contributed by atoms with van der Waals surface area (Å²) in [5.74, 6) is 0. The van der Waals surface area contributed by atoms with Gasteiger partial charge < -0.3 is 0 Å². The minimum atomic E-state index is 1.24. The molecule has 0 fully saturated rings. The molecule has 0 radical (unpaired) electrons. The highest BCUT2D eigenvalue weighted by molar-refractivity contribution is 6.46. The van der Waals surface area contributed by atoms with E-state index in [0.29, 0.717) is 0 Å². The van der Waals surface area contributed by atoms with Crippen LogP contribution in [-0.2, 0) is 0 Å². The third kappa shape index (κ3) is 4.46. The molecule has 0 aliphatic heterocycles. The fourth-order valence-corrected chi connectivity index (χ4v) is 12.1. The van der Waals surface area contributed by atoms with Crippen LogP contribution in [0.15, 0.2) is 218 Å². The van der Waals surface area contributed by atoms with Crippen LogP contribution in [-0.4, -0.2) is 0 Å². The van der Waals surface area contributed by atoms with Crippen LogP contribution < -0.4 is 0 Å². The maximum Gasteiger partial charge on any atom is -0.000697 e. The van der Waals surface area contributed by atoms with Gasteiger partial charge >= 0.3 is 0 Å². The molecule has 0 atom stereocenters. The normalized spacial score (nSPS) is 12.4. The second-order valence-corrected chi connectivity index (χ2v) is 17.8. The highest BCUT2D eigenvalue weighted by Crippen LogP contribution is 2.55. The van der Waals surface area contributed by atoms with E-state index in [1.807, 2.05) is 0 Å². The molecule has 15 aromatic carbocycles. The predicted molar refractivity (Wildman–Crippen MR) is 278 cm³/mol. The summed E-state index contributed by atoms with van der Waals surface area (Å²) in [6.45, 7) is 0. The van der Waals surface area contributed by atoms with Crippen molar-refractivity contribution in [1.82, 2.24) is 0 Å². The van der Waals surface area contributed by atoms with Gasteiger partial charge in [-0.3, -0.25) is 0 Å². The van der Waals surface area contributed by atoms with Crippen molar-refractivity contribution in [3.63, 3.8) is 0 Å². The van der Waals surface area contributed by atoms with E-state index in [2.05, 4.69) is 218 Å². The molecule has 0 aliphatic rings. The summed E-state index contributed by atoms with van der Waals surface area (Å²) < 4.78 is 0. The third-order valence-corrected chi connectivity index (χ3v) is 14.6. The zero-order valence-electron chi connectivity index (χ0n) is 34.8. The predicted octanol–water partition coefficient (Wildman–Crippen LogP) is 18.2. The zero-order chi connectivity index (χ0) is 41.6. The molecule has 0 spiro atoms. The zero-order valence-corrected chi connectivity index (χ0v) is 34.8. The molecular weight excluding hydrogens is 769 g/mol. The second-order valence-electron chi connectivity index (χ2n) is 17.8. The van der Waals surface area contributed by atoms with E-state index >= 15 is 0 Å². The van der Waals surface area contributed by atoms with Gasteiger partial charge in [-0.05, 0) is 176 Å². The van der Waals surface area contributed by atoms with Crippen molar-refractivity contribution in [3.05, 3.63) is 218 Å². The van der Waals surface area contributed by atoms with Crippen LogP contribution in [0.1, 0.15) is 0 Å². The molecule has 0 amide bonds. The summed E-state index contributed by atoms with van der Waals surface area (Å²) in [6.07, 6.45) is 0. The fraction of sp³-hybridized carbons (Fsp3) is 0. The van der Waals surface area contributed by atoms with Crippen molar-refractivity contribution in [2.45, 2.75) is 0 Å². The number of fused-ring (bicyclic) bond motifs is 15. The lowest BCUT2D eigenvalue weighted by atomic mass is 9.83. The quantitative estimate of drug-likeness (QED) is 0.156. The van der Waals surface area contributed by atoms with Crippen LogP contribution >= 0.6 is 0 Å². The standard InChI is InChI=1S/C64H36/c1-3-15-37(16-4-1)58-56-36-54-48-24-12-10-22-46(48)49-25-13-27-51(60(49)54)62(56)59(38-17-5-2-6-18-38)64-55-35-42-30-29-40-33-41(31-32-44(40)57(42)50-26-14-28-52(61(50)55)63(58)64)53-34-39-19-7-8-20-43(39)45-21-9-11-23-47(45)53/h1-36H. The van der Waals surface area contributed by atoms with Gasteiger partial charge in [0.05, 0.1) is 0 Å². The molecule has 0 nitrogen and oxygen atoms in total. The number of rotatable bonds is 3. The van der Waals surface area contributed by atoms with Crippen molar-refractivity contribution in [3.8, 4) is 33.4 Å². The lowest BCUT2D eigenvalue weighted by Crippen LogP contribution is -1.91. The SMILES string of the molecule is c1ccc(-c2c3cc4c5ccccc5c5cccc(c3c(-c3ccccc3)c3c6cc7ccc8cc(-c9cc%10ccccc%10c%10ccccc9%10)ccc8c7c7cccc(c23)c67)c54)cc1. The molecule has 64 heavy (non-hydrogen) atoms. The molecule has 0 saturated heterocycles. The summed E-state index contributed by atoms with van der Waals surface area (Å²) >= 11 is 0. The Morgan fingerprint density at radius 3 is 1.44 bits per heavy atom. The van der Waals surface area contributed by atoms with Gasteiger partial charge in [0.25, 0.3) is 0 Å². The molecule has 0 heteroatoms. The maximum absolute atomic E-state index is 2.53. The highest BCUT2D eigenvalue weighted by Gasteiger charge is 2.27. The number of hydrogen-bond acceptors (Lipinski definition) is 0. The van der Waals surface area contributed by atoms with Gasteiger partial charge in [0.1, 0.15) is 0 Å². The Hall–Kier alpha value is -8.32. The molecule has 0 saturated carbocycles. The average molecular weight is 805 g/mol.